The minimum Gasteiger partial charge on any atom is -0.297 e. The molecule has 0 unspecified atom stereocenters. The van der Waals surface area contributed by atoms with Crippen molar-refractivity contribution in [3.8, 4) is 0 Å². The van der Waals surface area contributed by atoms with Crippen molar-refractivity contribution in [2.24, 2.45) is 5.92 Å². The Balaban J connectivity index is 2.99. The van der Waals surface area contributed by atoms with Crippen LogP contribution in [0.15, 0.2) is 0 Å². The highest BCUT2D eigenvalue weighted by Gasteiger charge is 2.52. The summed E-state index contributed by atoms with van der Waals surface area (Å²) in [5.41, 5.74) is 0. The zero-order valence-corrected chi connectivity index (χ0v) is 16.9. The number of hydrogen-bond donors (Lipinski definition) is 0. The van der Waals surface area contributed by atoms with E-state index in [2.05, 4.69) is 86.6 Å². The van der Waals surface area contributed by atoms with Gasteiger partial charge >= 0.3 is 0 Å². The predicted molar refractivity (Wildman–Crippen MR) is 87.0 cm³/mol. The number of carbonyl (C=O) groups excluding carboxylic acids is 1. The Morgan fingerprint density at radius 3 is 2.44 bits per heavy atom. The van der Waals surface area contributed by atoms with E-state index in [4.69, 9.17) is 0 Å². The summed E-state index contributed by atoms with van der Waals surface area (Å²) in [5.74, 6) is 0.464. The van der Waals surface area contributed by atoms with Crippen LogP contribution in [0.3, 0.4) is 0 Å². The first-order valence-electron chi connectivity index (χ1n) is 4.91. The minimum absolute atomic E-state index is 0.0770. The number of ketones is 1. The van der Waals surface area contributed by atoms with Gasteiger partial charge in [0.25, 0.3) is 0 Å². The summed E-state index contributed by atoms with van der Waals surface area (Å²) in [6, 6.07) is 0. The fourth-order valence-electron chi connectivity index (χ4n) is 1.82. The van der Waals surface area contributed by atoms with Crippen LogP contribution in [0.1, 0.15) is 20.3 Å². The Kier molecular flexibility index (Phi) is 5.64. The van der Waals surface area contributed by atoms with Gasteiger partial charge in [-0.1, -0.05) is 79.6 Å². The van der Waals surface area contributed by atoms with Gasteiger partial charge in [-0.3, -0.25) is 4.79 Å². The molecule has 1 fully saturated rings. The number of carbonyl (C=O) groups is 1. The SMILES string of the molecule is C[C@@](Br)(CBr)[C@@H]1C[C@H](Br)[C@](C)(Br)C(=O)[C@H]1Br. The van der Waals surface area contributed by atoms with Gasteiger partial charge in [0.1, 0.15) is 0 Å². The van der Waals surface area contributed by atoms with Crippen LogP contribution >= 0.6 is 79.6 Å². The summed E-state index contributed by atoms with van der Waals surface area (Å²) >= 11 is 17.9. The standard InChI is InChI=1S/C10H13Br5O/c1-9(14,4-11)5-3-6(12)10(2,15)8(16)7(5)13/h5-7H,3-4H2,1-2H3/t5-,6+,7+,9-,10+/m1/s1. The lowest BCUT2D eigenvalue weighted by Crippen LogP contribution is -2.55. The summed E-state index contributed by atoms with van der Waals surface area (Å²) in [5, 5.41) is 0.818. The largest absolute Gasteiger partial charge is 0.297 e. The summed E-state index contributed by atoms with van der Waals surface area (Å²) in [4.78, 5) is 12.3. The van der Waals surface area contributed by atoms with E-state index < -0.39 is 4.32 Å². The first kappa shape index (κ1) is 16.1. The second-order valence-corrected chi connectivity index (χ2v) is 10.7. The fraction of sp³-hybridized carbons (Fsp3) is 0.900. The van der Waals surface area contributed by atoms with Crippen LogP contribution in [-0.2, 0) is 4.79 Å². The Morgan fingerprint density at radius 1 is 1.50 bits per heavy atom. The maximum atomic E-state index is 12.3. The van der Waals surface area contributed by atoms with Crippen LogP contribution in [0.2, 0.25) is 0 Å². The van der Waals surface area contributed by atoms with Crippen molar-refractivity contribution in [1.82, 2.24) is 0 Å². The topological polar surface area (TPSA) is 17.1 Å². The van der Waals surface area contributed by atoms with Crippen LogP contribution in [-0.4, -0.2) is 29.4 Å². The van der Waals surface area contributed by atoms with Gasteiger partial charge in [-0.05, 0) is 26.2 Å². The first-order valence-corrected chi connectivity index (χ1v) is 9.44. The molecule has 0 amide bonds. The Hall–Kier alpha value is 2.07. The average Bonchev–Trinajstić information content (AvgIpc) is 2.21. The molecule has 0 spiro atoms. The van der Waals surface area contributed by atoms with Crippen LogP contribution in [0.25, 0.3) is 0 Å². The lowest BCUT2D eigenvalue weighted by Gasteiger charge is -2.44. The van der Waals surface area contributed by atoms with Crippen molar-refractivity contribution in [2.45, 2.75) is 38.6 Å². The van der Waals surface area contributed by atoms with Crippen LogP contribution in [0, 0.1) is 5.92 Å². The van der Waals surface area contributed by atoms with Crippen molar-refractivity contribution >= 4 is 85.4 Å². The second-order valence-electron chi connectivity index (χ2n) is 4.56. The molecule has 1 rings (SSSR count). The molecule has 16 heavy (non-hydrogen) atoms. The quantitative estimate of drug-likeness (QED) is 0.453. The summed E-state index contributed by atoms with van der Waals surface area (Å²) in [7, 11) is 0. The average molecular weight is 549 g/mol. The van der Waals surface area contributed by atoms with Crippen molar-refractivity contribution < 1.29 is 4.79 Å². The normalized spacial score (nSPS) is 44.2. The molecule has 0 aliphatic heterocycles. The Bertz CT molecular complexity index is 289. The molecule has 1 aliphatic rings. The van der Waals surface area contributed by atoms with Crippen LogP contribution in [0.5, 0.6) is 0 Å². The summed E-state index contributed by atoms with van der Waals surface area (Å²) in [6.07, 6.45) is 0.941. The molecule has 0 heterocycles. The highest BCUT2D eigenvalue weighted by Crippen LogP contribution is 2.48. The molecule has 0 bridgehead atoms. The van der Waals surface area contributed by atoms with Crippen molar-refractivity contribution in [1.29, 1.82) is 0 Å². The third-order valence-corrected chi connectivity index (χ3v) is 9.86. The van der Waals surface area contributed by atoms with Crippen LogP contribution < -0.4 is 0 Å². The van der Waals surface area contributed by atoms with E-state index in [-0.39, 0.29) is 25.7 Å². The van der Waals surface area contributed by atoms with E-state index in [0.717, 1.165) is 11.8 Å². The van der Waals surface area contributed by atoms with Crippen molar-refractivity contribution in [3.63, 3.8) is 0 Å². The third kappa shape index (κ3) is 2.97. The maximum absolute atomic E-state index is 12.3. The highest BCUT2D eigenvalue weighted by molar-refractivity contribution is 9.13. The molecule has 0 aromatic rings. The molecular formula is C10H13Br5O. The van der Waals surface area contributed by atoms with Gasteiger partial charge in [-0.25, -0.2) is 0 Å². The molecule has 0 N–H and O–H groups in total. The van der Waals surface area contributed by atoms with Gasteiger partial charge in [0.05, 0.1) is 9.15 Å². The zero-order valence-electron chi connectivity index (χ0n) is 8.94. The van der Waals surface area contributed by atoms with Gasteiger partial charge < -0.3 is 0 Å². The molecular weight excluding hydrogens is 536 g/mol. The van der Waals surface area contributed by atoms with E-state index in [1.165, 1.54) is 0 Å². The molecule has 0 aromatic heterocycles. The number of hydrogen-bond acceptors (Lipinski definition) is 1. The summed E-state index contributed by atoms with van der Waals surface area (Å²) in [6.45, 7) is 4.05. The molecule has 1 nitrogen and oxygen atoms in total. The lowest BCUT2D eigenvalue weighted by molar-refractivity contribution is -0.122. The van der Waals surface area contributed by atoms with E-state index in [0.29, 0.717) is 0 Å². The Labute approximate surface area is 139 Å². The second kappa shape index (κ2) is 5.59. The van der Waals surface area contributed by atoms with Gasteiger partial charge in [-0.2, -0.15) is 0 Å². The molecule has 5 atom stereocenters. The monoisotopic (exact) mass is 544 g/mol. The van der Waals surface area contributed by atoms with Crippen molar-refractivity contribution in [3.05, 3.63) is 0 Å². The van der Waals surface area contributed by atoms with E-state index in [1.54, 1.807) is 0 Å². The Morgan fingerprint density at radius 2 is 2.00 bits per heavy atom. The smallest absolute Gasteiger partial charge is 0.164 e. The predicted octanol–water partition coefficient (Wildman–Crippen LogP) is 4.80. The summed E-state index contributed by atoms with van der Waals surface area (Å²) < 4.78 is -0.556. The highest BCUT2D eigenvalue weighted by atomic mass is 79.9. The minimum atomic E-state index is -0.479. The van der Waals surface area contributed by atoms with Gasteiger partial charge in [0.15, 0.2) is 5.78 Å². The van der Waals surface area contributed by atoms with E-state index >= 15 is 0 Å². The van der Waals surface area contributed by atoms with Gasteiger partial charge in [0.2, 0.25) is 0 Å². The first-order chi connectivity index (χ1) is 7.14. The zero-order chi connectivity index (χ0) is 12.7. The maximum Gasteiger partial charge on any atom is 0.164 e. The number of Topliss-reactive ketones (excluding diaryl/α,β-unsaturated/α-hetero) is 1. The van der Waals surface area contributed by atoms with Crippen molar-refractivity contribution in [2.75, 3.05) is 5.33 Å². The van der Waals surface area contributed by atoms with E-state index in [1.807, 2.05) is 6.92 Å². The molecule has 0 aromatic carbocycles. The molecule has 6 heteroatoms. The molecule has 1 saturated carbocycles. The third-order valence-electron chi connectivity index (χ3n) is 3.17. The number of rotatable bonds is 2. The van der Waals surface area contributed by atoms with Crippen LogP contribution in [0.4, 0.5) is 0 Å². The molecule has 0 saturated heterocycles. The van der Waals surface area contributed by atoms with Gasteiger partial charge in [0, 0.05) is 14.5 Å². The number of halogens is 5. The van der Waals surface area contributed by atoms with E-state index in [9.17, 15) is 4.79 Å². The molecule has 94 valence electrons. The fourth-order valence-corrected chi connectivity index (χ4v) is 5.69. The number of alkyl halides is 5. The molecule has 1 aliphatic carbocycles. The molecule has 0 radical (unpaired) electrons. The van der Waals surface area contributed by atoms with Gasteiger partial charge in [-0.15, -0.1) is 0 Å². The lowest BCUT2D eigenvalue weighted by atomic mass is 9.76.